The Hall–Kier alpha value is -1.30. The minimum atomic E-state index is 0.337. The smallest absolute Gasteiger partial charge is 0.0104 e. The molecule has 0 amide bonds. The number of hydrogen-bond acceptors (Lipinski definition) is 0. The van der Waals surface area contributed by atoms with Crippen LogP contribution in [0.2, 0.25) is 0 Å². The zero-order valence-corrected chi connectivity index (χ0v) is 16.4. The highest BCUT2D eigenvalue weighted by molar-refractivity contribution is 5.41. The highest BCUT2D eigenvalue weighted by Crippen LogP contribution is 2.40. The molecule has 2 rings (SSSR count). The highest BCUT2D eigenvalue weighted by atomic mass is 14.3. The molecule has 0 bridgehead atoms. The molecule has 23 heavy (non-hydrogen) atoms. The lowest BCUT2D eigenvalue weighted by molar-refractivity contribution is 0.377. The van der Waals surface area contributed by atoms with E-state index in [1.807, 2.05) is 13.8 Å². The molecule has 0 unspecified atom stereocenters. The fourth-order valence-electron chi connectivity index (χ4n) is 3.58. The maximum atomic E-state index is 2.38. The Morgan fingerprint density at radius 1 is 1.13 bits per heavy atom. The van der Waals surface area contributed by atoms with Gasteiger partial charge in [-0.25, -0.2) is 0 Å². The van der Waals surface area contributed by atoms with Crippen LogP contribution in [-0.4, -0.2) is 0 Å². The molecule has 2 aliphatic rings. The molecule has 128 valence electrons. The molecule has 0 aromatic heterocycles. The molecule has 0 spiro atoms. The molecular formula is C23H36. The van der Waals surface area contributed by atoms with Crippen LogP contribution >= 0.6 is 0 Å². The minimum absolute atomic E-state index is 0.337. The normalized spacial score (nSPS) is 23.2. The Morgan fingerprint density at radius 3 is 2.39 bits per heavy atom. The van der Waals surface area contributed by atoms with E-state index in [2.05, 4.69) is 65.0 Å². The summed E-state index contributed by atoms with van der Waals surface area (Å²) in [6, 6.07) is 0. The maximum absolute atomic E-state index is 2.38. The van der Waals surface area contributed by atoms with Crippen molar-refractivity contribution in [2.75, 3.05) is 0 Å². The van der Waals surface area contributed by atoms with Crippen LogP contribution in [0, 0.1) is 5.41 Å². The van der Waals surface area contributed by atoms with E-state index >= 15 is 0 Å². The summed E-state index contributed by atoms with van der Waals surface area (Å²) in [5, 5.41) is 0. The van der Waals surface area contributed by atoms with Crippen LogP contribution in [-0.2, 0) is 0 Å². The molecular weight excluding hydrogens is 276 g/mol. The highest BCUT2D eigenvalue weighted by Gasteiger charge is 2.26. The van der Waals surface area contributed by atoms with Crippen LogP contribution in [0.1, 0.15) is 80.6 Å². The fourth-order valence-corrected chi connectivity index (χ4v) is 3.58. The van der Waals surface area contributed by atoms with Crippen LogP contribution in [0.25, 0.3) is 0 Å². The Kier molecular flexibility index (Phi) is 7.82. The number of hydrogen-bond donors (Lipinski definition) is 0. The summed E-state index contributed by atoms with van der Waals surface area (Å²) in [5.74, 6) is 0. The third kappa shape index (κ3) is 5.68. The molecule has 0 N–H and O–H groups in total. The van der Waals surface area contributed by atoms with E-state index in [1.165, 1.54) is 48.8 Å². The van der Waals surface area contributed by atoms with Gasteiger partial charge in [-0.3, -0.25) is 0 Å². The topological polar surface area (TPSA) is 0 Å². The summed E-state index contributed by atoms with van der Waals surface area (Å²) < 4.78 is 0. The molecule has 0 saturated heterocycles. The van der Waals surface area contributed by atoms with Crippen molar-refractivity contribution >= 4 is 0 Å². The summed E-state index contributed by atoms with van der Waals surface area (Å²) >= 11 is 0. The van der Waals surface area contributed by atoms with E-state index in [0.29, 0.717) is 5.41 Å². The largest absolute Gasteiger partial charge is 0.0844 e. The quantitative estimate of drug-likeness (QED) is 0.468. The Balaban J connectivity index is 0.00000127. The first kappa shape index (κ1) is 19.7. The third-order valence-electron chi connectivity index (χ3n) is 4.91. The molecule has 0 heteroatoms. The molecule has 0 nitrogen and oxygen atoms in total. The van der Waals surface area contributed by atoms with Crippen molar-refractivity contribution in [1.82, 2.24) is 0 Å². The summed E-state index contributed by atoms with van der Waals surface area (Å²) in [7, 11) is 0. The van der Waals surface area contributed by atoms with Crippen molar-refractivity contribution in [2.45, 2.75) is 80.6 Å². The predicted octanol–water partition coefficient (Wildman–Crippen LogP) is 7.71. The van der Waals surface area contributed by atoms with E-state index in [1.54, 1.807) is 11.1 Å². The van der Waals surface area contributed by atoms with E-state index in [0.717, 1.165) is 0 Å². The Bertz CT molecular complexity index is 545. The van der Waals surface area contributed by atoms with Gasteiger partial charge in [-0.15, -0.1) is 0 Å². The van der Waals surface area contributed by atoms with Gasteiger partial charge in [0.25, 0.3) is 0 Å². The molecule has 0 aliphatic heterocycles. The van der Waals surface area contributed by atoms with Gasteiger partial charge in [0.1, 0.15) is 0 Å². The first-order chi connectivity index (χ1) is 10.9. The first-order valence-electron chi connectivity index (χ1n) is 9.35. The van der Waals surface area contributed by atoms with Gasteiger partial charge in [0.2, 0.25) is 0 Å². The second kappa shape index (κ2) is 9.11. The average molecular weight is 313 g/mol. The Morgan fingerprint density at radius 2 is 1.83 bits per heavy atom. The van der Waals surface area contributed by atoms with Crippen LogP contribution in [0.3, 0.4) is 0 Å². The van der Waals surface area contributed by atoms with Crippen molar-refractivity contribution in [2.24, 2.45) is 5.41 Å². The van der Waals surface area contributed by atoms with Crippen molar-refractivity contribution in [1.29, 1.82) is 0 Å². The second-order valence-electron chi connectivity index (χ2n) is 7.24. The fraction of sp³-hybridized carbons (Fsp3) is 0.565. The SMILES string of the molecule is C/C=C1C=C(/C=C(C)\C=C\C2=C(C)CCCC2(C)C)CC/1.CC. The van der Waals surface area contributed by atoms with Gasteiger partial charge in [0, 0.05) is 0 Å². The lowest BCUT2D eigenvalue weighted by Gasteiger charge is -2.32. The number of allylic oxidation sites excluding steroid dienone is 10. The van der Waals surface area contributed by atoms with Gasteiger partial charge in [-0.1, -0.05) is 74.8 Å². The van der Waals surface area contributed by atoms with Gasteiger partial charge in [-0.2, -0.15) is 0 Å². The molecule has 0 atom stereocenters. The van der Waals surface area contributed by atoms with E-state index < -0.39 is 0 Å². The van der Waals surface area contributed by atoms with E-state index in [4.69, 9.17) is 0 Å². The minimum Gasteiger partial charge on any atom is -0.0844 e. The molecule has 0 fully saturated rings. The van der Waals surface area contributed by atoms with Crippen molar-refractivity contribution in [3.05, 3.63) is 58.2 Å². The average Bonchev–Trinajstić information content (AvgIpc) is 2.95. The maximum Gasteiger partial charge on any atom is -0.0104 e. The monoisotopic (exact) mass is 312 g/mol. The van der Waals surface area contributed by atoms with Gasteiger partial charge in [0.05, 0.1) is 0 Å². The van der Waals surface area contributed by atoms with Crippen LogP contribution < -0.4 is 0 Å². The predicted molar refractivity (Wildman–Crippen MR) is 106 cm³/mol. The summed E-state index contributed by atoms with van der Waals surface area (Å²) in [5.41, 5.74) is 7.77. The lowest BCUT2D eigenvalue weighted by atomic mass is 9.72. The lowest BCUT2D eigenvalue weighted by Crippen LogP contribution is -2.19. The molecule has 0 aromatic rings. The van der Waals surface area contributed by atoms with Crippen molar-refractivity contribution in [3.63, 3.8) is 0 Å². The van der Waals surface area contributed by atoms with Crippen LogP contribution in [0.5, 0.6) is 0 Å². The van der Waals surface area contributed by atoms with Gasteiger partial charge >= 0.3 is 0 Å². The molecule has 2 aliphatic carbocycles. The van der Waals surface area contributed by atoms with Gasteiger partial charge in [-0.05, 0) is 69.4 Å². The van der Waals surface area contributed by atoms with Gasteiger partial charge < -0.3 is 0 Å². The standard InChI is InChI=1S/C21H30.C2H6/c1-6-18-10-11-19(15-18)14-16(2)9-12-20-17(3)8-7-13-21(20,4)5;1-2/h6,9,12,14-15H,7-8,10-11,13H2,1-5H3;1-2H3/b12-9+,16-14-,18-6+;. The van der Waals surface area contributed by atoms with Crippen molar-refractivity contribution in [3.8, 4) is 0 Å². The Labute approximate surface area is 144 Å². The first-order valence-corrected chi connectivity index (χ1v) is 9.35. The molecule has 0 heterocycles. The molecule has 0 saturated carbocycles. The van der Waals surface area contributed by atoms with Crippen LogP contribution in [0.15, 0.2) is 58.2 Å². The molecule has 0 radical (unpaired) electrons. The summed E-state index contributed by atoms with van der Waals surface area (Å²) in [4.78, 5) is 0. The van der Waals surface area contributed by atoms with E-state index in [9.17, 15) is 0 Å². The summed E-state index contributed by atoms with van der Waals surface area (Å²) in [6.07, 6.45) is 17.9. The van der Waals surface area contributed by atoms with Gasteiger partial charge in [0.15, 0.2) is 0 Å². The zero-order valence-electron chi connectivity index (χ0n) is 16.4. The summed E-state index contributed by atoms with van der Waals surface area (Å²) in [6.45, 7) is 15.4. The zero-order chi connectivity index (χ0) is 17.5. The third-order valence-corrected chi connectivity index (χ3v) is 4.91. The molecule has 0 aromatic carbocycles. The van der Waals surface area contributed by atoms with Crippen LogP contribution in [0.4, 0.5) is 0 Å². The second-order valence-corrected chi connectivity index (χ2v) is 7.24. The number of rotatable bonds is 3. The van der Waals surface area contributed by atoms with Crippen molar-refractivity contribution < 1.29 is 0 Å². The van der Waals surface area contributed by atoms with E-state index in [-0.39, 0.29) is 0 Å².